The van der Waals surface area contributed by atoms with Crippen LogP contribution in [0.2, 0.25) is 0 Å². The van der Waals surface area contributed by atoms with Crippen LogP contribution in [0.3, 0.4) is 0 Å². The maximum atomic E-state index is 4.74. The van der Waals surface area contributed by atoms with E-state index >= 15 is 0 Å². The van der Waals surface area contributed by atoms with Crippen LogP contribution in [0.15, 0.2) is 89.0 Å². The van der Waals surface area contributed by atoms with Crippen LogP contribution in [0.1, 0.15) is 57.6 Å². The minimum absolute atomic E-state index is 0.746. The first kappa shape index (κ1) is 21.9. The Balaban J connectivity index is 1.68. The average molecular weight is 374 g/mol. The van der Waals surface area contributed by atoms with Gasteiger partial charge in [0.25, 0.3) is 0 Å². The van der Waals surface area contributed by atoms with Gasteiger partial charge in [0.05, 0.1) is 12.3 Å². The molecule has 1 nitrogen and oxygen atoms in total. The second kappa shape index (κ2) is 12.9. The van der Waals surface area contributed by atoms with Gasteiger partial charge in [-0.1, -0.05) is 80.6 Å². The van der Waals surface area contributed by atoms with Crippen molar-refractivity contribution in [3.8, 4) is 0 Å². The fraction of sp³-hybridized carbons (Fsp3) is 0.370. The molecule has 1 aromatic rings. The molecule has 0 fully saturated rings. The van der Waals surface area contributed by atoms with Crippen molar-refractivity contribution in [1.82, 2.24) is 0 Å². The smallest absolute Gasteiger partial charge is 0.0649 e. The van der Waals surface area contributed by atoms with Crippen molar-refractivity contribution in [2.75, 3.05) is 6.54 Å². The van der Waals surface area contributed by atoms with Crippen LogP contribution in [0.4, 0.5) is 0 Å². The molecule has 1 aliphatic carbocycles. The fourth-order valence-corrected chi connectivity index (χ4v) is 3.36. The number of unbranched alkanes of at least 4 members (excludes halogenated alkanes) is 1. The van der Waals surface area contributed by atoms with E-state index in [0.717, 1.165) is 37.9 Å². The molecule has 0 aromatic heterocycles. The molecule has 1 aromatic carbocycles. The van der Waals surface area contributed by atoms with Gasteiger partial charge in [0.15, 0.2) is 0 Å². The number of hydrogen-bond acceptors (Lipinski definition) is 1. The molecule has 148 valence electrons. The van der Waals surface area contributed by atoms with Gasteiger partial charge in [0.2, 0.25) is 0 Å². The zero-order valence-electron chi connectivity index (χ0n) is 17.8. The quantitative estimate of drug-likeness (QED) is 0.300. The van der Waals surface area contributed by atoms with Crippen molar-refractivity contribution in [2.45, 2.75) is 59.3 Å². The van der Waals surface area contributed by atoms with Gasteiger partial charge in [0, 0.05) is 0 Å². The predicted molar refractivity (Wildman–Crippen MR) is 125 cm³/mol. The lowest BCUT2D eigenvalue weighted by atomic mass is 9.98. The number of aryl methyl sites for hydroxylation is 2. The molecular weight excluding hydrogens is 338 g/mol. The van der Waals surface area contributed by atoms with E-state index in [9.17, 15) is 0 Å². The summed E-state index contributed by atoms with van der Waals surface area (Å²) in [6.45, 7) is 7.24. The number of rotatable bonds is 10. The Hall–Kier alpha value is -2.41. The molecule has 0 heterocycles. The Kier molecular flexibility index (Phi) is 10.1. The average Bonchev–Trinajstić information content (AvgIpc) is 2.75. The van der Waals surface area contributed by atoms with Gasteiger partial charge in [0.1, 0.15) is 0 Å². The van der Waals surface area contributed by atoms with E-state index in [1.165, 1.54) is 35.1 Å². The third-order valence-corrected chi connectivity index (χ3v) is 5.10. The first-order valence-electron chi connectivity index (χ1n) is 10.7. The third kappa shape index (κ3) is 7.31. The van der Waals surface area contributed by atoms with E-state index in [-0.39, 0.29) is 0 Å². The topological polar surface area (TPSA) is 12.4 Å². The summed E-state index contributed by atoms with van der Waals surface area (Å²) >= 11 is 0. The van der Waals surface area contributed by atoms with E-state index in [4.69, 9.17) is 4.99 Å². The van der Waals surface area contributed by atoms with Crippen LogP contribution < -0.4 is 0 Å². The van der Waals surface area contributed by atoms with Crippen LogP contribution >= 0.6 is 0 Å². The number of allylic oxidation sites excluding steroid dienone is 9. The Morgan fingerprint density at radius 1 is 0.893 bits per heavy atom. The summed E-state index contributed by atoms with van der Waals surface area (Å²) < 4.78 is 0. The molecule has 0 unspecified atom stereocenters. The summed E-state index contributed by atoms with van der Waals surface area (Å²) in [6.07, 6.45) is 24.4. The van der Waals surface area contributed by atoms with Crippen LogP contribution in [0.5, 0.6) is 0 Å². The minimum Gasteiger partial charge on any atom is -0.281 e. The fourth-order valence-electron chi connectivity index (χ4n) is 3.36. The summed E-state index contributed by atoms with van der Waals surface area (Å²) in [7, 11) is 0. The van der Waals surface area contributed by atoms with Gasteiger partial charge >= 0.3 is 0 Å². The standard InChI is InChI=1S/C27H35N/c1-4-23-19-20-25(6-3)27(22-23)28-21-15-11-9-7-8-10-12-17-26-18-14-13-16-24(26)5-2/h6-8,11,13-16,18-20,22H,4-5,9-10,12,17,21H2,1-3H3/b8-7+,15-11+,25-6-,28-27?. The third-order valence-electron chi connectivity index (χ3n) is 5.10. The summed E-state index contributed by atoms with van der Waals surface area (Å²) in [6, 6.07) is 8.82. The lowest BCUT2D eigenvalue weighted by Gasteiger charge is -2.10. The Bertz CT molecular complexity index is 784. The highest BCUT2D eigenvalue weighted by Gasteiger charge is 2.05. The van der Waals surface area contributed by atoms with Crippen molar-refractivity contribution in [3.05, 3.63) is 95.1 Å². The van der Waals surface area contributed by atoms with E-state index < -0.39 is 0 Å². The van der Waals surface area contributed by atoms with Gasteiger partial charge in [-0.3, -0.25) is 4.99 Å². The summed E-state index contributed by atoms with van der Waals surface area (Å²) in [4.78, 5) is 4.74. The van der Waals surface area contributed by atoms with Crippen molar-refractivity contribution >= 4 is 5.71 Å². The lowest BCUT2D eigenvalue weighted by molar-refractivity contribution is 0.829. The first-order chi connectivity index (χ1) is 13.8. The Morgan fingerprint density at radius 3 is 2.43 bits per heavy atom. The molecule has 0 spiro atoms. The van der Waals surface area contributed by atoms with E-state index in [0.29, 0.717) is 0 Å². The second-order valence-electron chi connectivity index (χ2n) is 7.07. The Labute approximate surface area is 172 Å². The zero-order valence-corrected chi connectivity index (χ0v) is 17.8. The van der Waals surface area contributed by atoms with Crippen LogP contribution in [-0.4, -0.2) is 12.3 Å². The minimum atomic E-state index is 0.746. The maximum absolute atomic E-state index is 4.74. The molecule has 1 heteroatoms. The van der Waals surface area contributed by atoms with Gasteiger partial charge in [-0.15, -0.1) is 0 Å². The molecule has 0 atom stereocenters. The largest absolute Gasteiger partial charge is 0.281 e. The highest BCUT2D eigenvalue weighted by molar-refractivity contribution is 6.12. The normalized spacial score (nSPS) is 17.3. The highest BCUT2D eigenvalue weighted by atomic mass is 14.7. The van der Waals surface area contributed by atoms with Crippen molar-refractivity contribution < 1.29 is 0 Å². The zero-order chi connectivity index (χ0) is 20.0. The number of aliphatic imine (C=N–C) groups is 1. The molecular formula is C27H35N. The number of hydrogen-bond donors (Lipinski definition) is 0. The lowest BCUT2D eigenvalue weighted by Crippen LogP contribution is -2.03. The molecule has 0 bridgehead atoms. The highest BCUT2D eigenvalue weighted by Crippen LogP contribution is 2.16. The predicted octanol–water partition coefficient (Wildman–Crippen LogP) is 7.37. The van der Waals surface area contributed by atoms with E-state index in [1.54, 1.807) is 0 Å². The molecule has 1 aliphatic rings. The summed E-state index contributed by atoms with van der Waals surface area (Å²) in [5, 5.41) is 0. The SMILES string of the molecule is C/C=C1/C=CC(CC)=CC1=NC/C=C/C/C=C/CCCc1ccccc1CC. The number of nitrogens with zero attached hydrogens (tertiary/aromatic N) is 1. The van der Waals surface area contributed by atoms with Gasteiger partial charge in [-0.05, 0) is 73.8 Å². The van der Waals surface area contributed by atoms with Gasteiger partial charge in [-0.2, -0.15) is 0 Å². The van der Waals surface area contributed by atoms with E-state index in [1.807, 2.05) is 0 Å². The van der Waals surface area contributed by atoms with Crippen molar-refractivity contribution in [1.29, 1.82) is 0 Å². The molecule has 0 radical (unpaired) electrons. The second-order valence-corrected chi connectivity index (χ2v) is 7.07. The monoisotopic (exact) mass is 373 g/mol. The van der Waals surface area contributed by atoms with Gasteiger partial charge in [-0.25, -0.2) is 0 Å². The Morgan fingerprint density at radius 2 is 1.68 bits per heavy atom. The van der Waals surface area contributed by atoms with Crippen molar-refractivity contribution in [2.24, 2.45) is 4.99 Å². The summed E-state index contributed by atoms with van der Waals surface area (Å²) in [5.74, 6) is 0. The van der Waals surface area contributed by atoms with Crippen LogP contribution in [-0.2, 0) is 12.8 Å². The van der Waals surface area contributed by atoms with Crippen LogP contribution in [0, 0.1) is 0 Å². The maximum Gasteiger partial charge on any atom is 0.0649 e. The van der Waals surface area contributed by atoms with Crippen LogP contribution in [0.25, 0.3) is 0 Å². The first-order valence-corrected chi connectivity index (χ1v) is 10.7. The molecule has 2 rings (SSSR count). The number of benzene rings is 1. The molecule has 28 heavy (non-hydrogen) atoms. The van der Waals surface area contributed by atoms with E-state index in [2.05, 4.69) is 93.6 Å². The summed E-state index contributed by atoms with van der Waals surface area (Å²) in [5.41, 5.74) is 6.67. The molecule has 0 saturated carbocycles. The molecule has 0 aliphatic heterocycles. The van der Waals surface area contributed by atoms with Crippen molar-refractivity contribution in [3.63, 3.8) is 0 Å². The molecule has 0 amide bonds. The van der Waals surface area contributed by atoms with Gasteiger partial charge < -0.3 is 0 Å². The molecule has 0 saturated heterocycles. The molecule has 0 N–H and O–H groups in total.